The molecule has 0 radical (unpaired) electrons. The SMILES string of the molecule is CC(C)(C)OC(=O)N1CCC(F)C1C(=O)NCc1cc(-c2ccc(C(F)(F)F)c(F)c2)ncn1. The molecule has 0 saturated carbocycles. The number of nitrogens with one attached hydrogen (secondary N) is 1. The molecule has 1 aromatic heterocycles. The van der Waals surface area contributed by atoms with Crippen LogP contribution in [0.15, 0.2) is 30.6 Å². The van der Waals surface area contributed by atoms with Gasteiger partial charge in [-0.1, -0.05) is 6.07 Å². The van der Waals surface area contributed by atoms with Gasteiger partial charge in [0.2, 0.25) is 5.91 Å². The monoisotopic (exact) mass is 486 g/mol. The van der Waals surface area contributed by atoms with Crippen LogP contribution in [-0.2, 0) is 22.3 Å². The number of benzene rings is 1. The van der Waals surface area contributed by atoms with E-state index in [0.717, 1.165) is 17.3 Å². The Bertz CT molecular complexity index is 1070. The molecule has 0 bridgehead atoms. The molecular formula is C22H23F5N4O3. The van der Waals surface area contributed by atoms with E-state index in [0.29, 0.717) is 12.1 Å². The van der Waals surface area contributed by atoms with Crippen LogP contribution in [-0.4, -0.2) is 51.2 Å². The summed E-state index contributed by atoms with van der Waals surface area (Å²) in [6.45, 7) is 4.79. The second-order valence-corrected chi connectivity index (χ2v) is 8.73. The molecular weight excluding hydrogens is 463 g/mol. The Kier molecular flexibility index (Phi) is 7.08. The Labute approximate surface area is 192 Å². The summed E-state index contributed by atoms with van der Waals surface area (Å²) in [4.78, 5) is 33.9. The van der Waals surface area contributed by atoms with Gasteiger partial charge in [0.05, 0.1) is 23.5 Å². The van der Waals surface area contributed by atoms with Crippen LogP contribution < -0.4 is 5.32 Å². The zero-order valence-corrected chi connectivity index (χ0v) is 18.6. The number of halogens is 5. The van der Waals surface area contributed by atoms with E-state index in [9.17, 15) is 31.5 Å². The molecule has 2 atom stereocenters. The van der Waals surface area contributed by atoms with Gasteiger partial charge in [0.15, 0.2) is 0 Å². The van der Waals surface area contributed by atoms with Crippen molar-refractivity contribution in [3.8, 4) is 11.3 Å². The van der Waals surface area contributed by atoms with Crippen LogP contribution in [0.4, 0.5) is 26.7 Å². The lowest BCUT2D eigenvalue weighted by molar-refractivity contribution is -0.140. The lowest BCUT2D eigenvalue weighted by Crippen LogP contribution is -2.50. The first kappa shape index (κ1) is 25.3. The Hall–Kier alpha value is -3.31. The summed E-state index contributed by atoms with van der Waals surface area (Å²) in [6, 6.07) is 2.37. The van der Waals surface area contributed by atoms with Crippen molar-refractivity contribution in [2.24, 2.45) is 0 Å². The van der Waals surface area contributed by atoms with E-state index in [1.165, 1.54) is 6.07 Å². The molecule has 184 valence electrons. The zero-order chi connectivity index (χ0) is 25.3. The average Bonchev–Trinajstić information content (AvgIpc) is 3.12. The largest absolute Gasteiger partial charge is 0.444 e. The predicted molar refractivity (Wildman–Crippen MR) is 111 cm³/mol. The number of carbonyl (C=O) groups is 2. The van der Waals surface area contributed by atoms with Gasteiger partial charge in [0, 0.05) is 12.1 Å². The Balaban J connectivity index is 1.70. The molecule has 12 heteroatoms. The second kappa shape index (κ2) is 9.51. The van der Waals surface area contributed by atoms with Crippen molar-refractivity contribution in [1.29, 1.82) is 0 Å². The first-order chi connectivity index (χ1) is 15.8. The Morgan fingerprint density at radius 3 is 2.50 bits per heavy atom. The quantitative estimate of drug-likeness (QED) is 0.653. The van der Waals surface area contributed by atoms with Crippen LogP contribution in [0.1, 0.15) is 38.4 Å². The number of likely N-dealkylation sites (tertiary alicyclic amines) is 1. The third kappa shape index (κ3) is 5.97. The van der Waals surface area contributed by atoms with Crippen LogP contribution in [0.3, 0.4) is 0 Å². The summed E-state index contributed by atoms with van der Waals surface area (Å²) in [6.07, 6.45) is -6.13. The highest BCUT2D eigenvalue weighted by Crippen LogP contribution is 2.33. The normalized spacial score (nSPS) is 18.6. The standard InChI is InChI=1S/C22H23F5N4O3/c1-21(2,3)34-20(33)31-7-6-15(23)18(31)19(32)28-10-13-9-17(30-11-29-13)12-4-5-14(16(24)8-12)22(25,26)27/h4-5,8-9,11,15,18H,6-7,10H2,1-3H3,(H,28,32). The fourth-order valence-electron chi connectivity index (χ4n) is 3.42. The maximum Gasteiger partial charge on any atom is 0.419 e. The fraction of sp³-hybridized carbons (Fsp3) is 0.455. The lowest BCUT2D eigenvalue weighted by atomic mass is 10.1. The summed E-state index contributed by atoms with van der Waals surface area (Å²) in [7, 11) is 0. The van der Waals surface area contributed by atoms with E-state index >= 15 is 0 Å². The zero-order valence-electron chi connectivity index (χ0n) is 18.6. The number of carbonyl (C=O) groups excluding carboxylic acids is 2. The van der Waals surface area contributed by atoms with Gasteiger partial charge in [-0.15, -0.1) is 0 Å². The molecule has 1 aromatic carbocycles. The van der Waals surface area contributed by atoms with E-state index in [1.807, 2.05) is 0 Å². The molecule has 3 rings (SSSR count). The topological polar surface area (TPSA) is 84.4 Å². The van der Waals surface area contributed by atoms with E-state index in [1.54, 1.807) is 20.8 Å². The van der Waals surface area contributed by atoms with Crippen molar-refractivity contribution in [3.05, 3.63) is 47.7 Å². The molecule has 34 heavy (non-hydrogen) atoms. The fourth-order valence-corrected chi connectivity index (χ4v) is 3.42. The van der Waals surface area contributed by atoms with E-state index in [2.05, 4.69) is 15.3 Å². The highest BCUT2D eigenvalue weighted by Gasteiger charge is 2.43. The molecule has 2 aromatic rings. The first-order valence-corrected chi connectivity index (χ1v) is 10.4. The maximum atomic E-state index is 14.4. The minimum Gasteiger partial charge on any atom is -0.444 e. The van der Waals surface area contributed by atoms with Gasteiger partial charge in [-0.2, -0.15) is 13.2 Å². The molecule has 2 amide bonds. The average molecular weight is 486 g/mol. The van der Waals surface area contributed by atoms with Crippen molar-refractivity contribution in [2.75, 3.05) is 6.54 Å². The smallest absolute Gasteiger partial charge is 0.419 e. The number of aromatic nitrogens is 2. The van der Waals surface area contributed by atoms with E-state index in [-0.39, 0.29) is 36.5 Å². The van der Waals surface area contributed by atoms with Gasteiger partial charge in [0.25, 0.3) is 0 Å². The first-order valence-electron chi connectivity index (χ1n) is 10.4. The number of hydrogen-bond donors (Lipinski definition) is 1. The van der Waals surface area contributed by atoms with E-state index < -0.39 is 47.4 Å². The third-order valence-electron chi connectivity index (χ3n) is 4.96. The van der Waals surface area contributed by atoms with Gasteiger partial charge < -0.3 is 10.1 Å². The highest BCUT2D eigenvalue weighted by atomic mass is 19.4. The van der Waals surface area contributed by atoms with Crippen molar-refractivity contribution in [3.63, 3.8) is 0 Å². The minimum atomic E-state index is -4.83. The number of alkyl halides is 4. The number of hydrogen-bond acceptors (Lipinski definition) is 5. The summed E-state index contributed by atoms with van der Waals surface area (Å²) in [5.41, 5.74) is -1.76. The van der Waals surface area contributed by atoms with E-state index in [4.69, 9.17) is 4.74 Å². The molecule has 1 aliphatic heterocycles. The van der Waals surface area contributed by atoms with Crippen LogP contribution in [0, 0.1) is 5.82 Å². The molecule has 0 aliphatic carbocycles. The predicted octanol–water partition coefficient (Wildman–Crippen LogP) is 4.27. The molecule has 7 nitrogen and oxygen atoms in total. The molecule has 1 N–H and O–H groups in total. The van der Waals surface area contributed by atoms with Gasteiger partial charge in [0.1, 0.15) is 30.0 Å². The van der Waals surface area contributed by atoms with Gasteiger partial charge in [-0.25, -0.2) is 23.5 Å². The molecule has 1 saturated heterocycles. The second-order valence-electron chi connectivity index (χ2n) is 8.73. The van der Waals surface area contributed by atoms with Crippen molar-refractivity contribution < 1.29 is 36.3 Å². The van der Waals surface area contributed by atoms with Gasteiger partial charge in [-0.05, 0) is 45.4 Å². The van der Waals surface area contributed by atoms with Crippen molar-refractivity contribution in [2.45, 2.75) is 57.7 Å². The summed E-state index contributed by atoms with van der Waals surface area (Å²) in [5.74, 6) is -2.20. The molecule has 1 fully saturated rings. The van der Waals surface area contributed by atoms with Crippen molar-refractivity contribution in [1.82, 2.24) is 20.2 Å². The third-order valence-corrected chi connectivity index (χ3v) is 4.96. The van der Waals surface area contributed by atoms with Crippen LogP contribution >= 0.6 is 0 Å². The number of nitrogens with zero attached hydrogens (tertiary/aromatic N) is 3. The lowest BCUT2D eigenvalue weighted by Gasteiger charge is -2.28. The summed E-state index contributed by atoms with van der Waals surface area (Å²) in [5, 5.41) is 2.50. The minimum absolute atomic E-state index is 0.0192. The van der Waals surface area contributed by atoms with Gasteiger partial charge >= 0.3 is 12.3 Å². The molecule has 2 unspecified atom stereocenters. The number of rotatable bonds is 4. The van der Waals surface area contributed by atoms with Crippen LogP contribution in [0.5, 0.6) is 0 Å². The Morgan fingerprint density at radius 2 is 1.88 bits per heavy atom. The van der Waals surface area contributed by atoms with Crippen molar-refractivity contribution >= 4 is 12.0 Å². The number of amides is 2. The number of ether oxygens (including phenoxy) is 1. The molecule has 0 spiro atoms. The summed E-state index contributed by atoms with van der Waals surface area (Å²) < 4.78 is 71.8. The molecule has 2 heterocycles. The summed E-state index contributed by atoms with van der Waals surface area (Å²) >= 11 is 0. The molecule has 1 aliphatic rings. The van der Waals surface area contributed by atoms with Crippen LogP contribution in [0.2, 0.25) is 0 Å². The highest BCUT2D eigenvalue weighted by molar-refractivity contribution is 5.87. The van der Waals surface area contributed by atoms with Crippen LogP contribution in [0.25, 0.3) is 11.3 Å². The Morgan fingerprint density at radius 1 is 1.18 bits per heavy atom. The van der Waals surface area contributed by atoms with Gasteiger partial charge in [-0.3, -0.25) is 9.69 Å². The maximum absolute atomic E-state index is 14.4.